The van der Waals surface area contributed by atoms with Gasteiger partial charge in [0.25, 0.3) is 0 Å². The quantitative estimate of drug-likeness (QED) is 0.185. The third kappa shape index (κ3) is 4.80. The molecule has 0 fully saturated rings. The number of fused-ring (bicyclic) bond motifs is 6. The molecule has 3 heterocycles. The minimum Gasteiger partial charge on any atom is -0.278 e. The molecular formula is C46H29N3S. The van der Waals surface area contributed by atoms with E-state index in [2.05, 4.69) is 174 Å². The fourth-order valence-corrected chi connectivity index (χ4v) is 8.29. The lowest BCUT2D eigenvalue weighted by molar-refractivity contribution is 0.996. The van der Waals surface area contributed by atoms with E-state index in [1.165, 1.54) is 47.6 Å². The molecule has 0 saturated carbocycles. The van der Waals surface area contributed by atoms with Gasteiger partial charge in [-0.1, -0.05) is 146 Å². The van der Waals surface area contributed by atoms with Gasteiger partial charge in [-0.15, -0.1) is 11.3 Å². The van der Waals surface area contributed by atoms with Crippen LogP contribution in [0.1, 0.15) is 0 Å². The Kier molecular flexibility index (Phi) is 6.68. The van der Waals surface area contributed by atoms with E-state index in [1.807, 2.05) is 17.4 Å². The molecule has 0 aliphatic heterocycles. The molecule has 0 N–H and O–H groups in total. The lowest BCUT2D eigenvalue weighted by Gasteiger charge is -2.12. The van der Waals surface area contributed by atoms with Crippen molar-refractivity contribution in [3.05, 3.63) is 176 Å². The van der Waals surface area contributed by atoms with Gasteiger partial charge >= 0.3 is 0 Å². The zero-order valence-electron chi connectivity index (χ0n) is 27.0. The predicted molar refractivity (Wildman–Crippen MR) is 211 cm³/mol. The Morgan fingerprint density at radius 1 is 0.340 bits per heavy atom. The van der Waals surface area contributed by atoms with Crippen molar-refractivity contribution in [2.45, 2.75) is 0 Å². The van der Waals surface area contributed by atoms with E-state index >= 15 is 0 Å². The van der Waals surface area contributed by atoms with Crippen molar-refractivity contribution >= 4 is 53.3 Å². The number of rotatable bonds is 5. The fraction of sp³-hybridized carbons (Fsp3) is 0. The van der Waals surface area contributed by atoms with Crippen molar-refractivity contribution in [3.8, 4) is 50.7 Å². The highest BCUT2D eigenvalue weighted by Crippen LogP contribution is 2.41. The average Bonchev–Trinajstić information content (AvgIpc) is 3.72. The van der Waals surface area contributed by atoms with Crippen molar-refractivity contribution < 1.29 is 0 Å². The molecule has 0 atom stereocenters. The number of hydrogen-bond donors (Lipinski definition) is 0. The molecule has 3 nitrogen and oxygen atoms in total. The molecule has 4 heteroatoms. The Morgan fingerprint density at radius 2 is 0.860 bits per heavy atom. The third-order valence-corrected chi connectivity index (χ3v) is 10.8. The van der Waals surface area contributed by atoms with E-state index in [0.717, 1.165) is 39.1 Å². The van der Waals surface area contributed by atoms with Gasteiger partial charge in [0.05, 0.1) is 22.4 Å². The van der Waals surface area contributed by atoms with Gasteiger partial charge in [0.1, 0.15) is 0 Å². The zero-order chi connectivity index (χ0) is 33.0. The van der Waals surface area contributed by atoms with E-state index in [4.69, 9.17) is 9.97 Å². The van der Waals surface area contributed by atoms with Crippen LogP contribution in [0.4, 0.5) is 0 Å². The molecule has 3 aromatic heterocycles. The highest BCUT2D eigenvalue weighted by atomic mass is 32.1. The van der Waals surface area contributed by atoms with Crippen LogP contribution in [0.3, 0.4) is 0 Å². The topological polar surface area (TPSA) is 30.7 Å². The summed E-state index contributed by atoms with van der Waals surface area (Å²) in [7, 11) is 0. The van der Waals surface area contributed by atoms with Gasteiger partial charge in [-0.2, -0.15) is 0 Å². The van der Waals surface area contributed by atoms with Crippen LogP contribution in [0.2, 0.25) is 0 Å². The molecule has 0 aliphatic rings. The Bertz CT molecular complexity index is 2840. The summed E-state index contributed by atoms with van der Waals surface area (Å²) in [6, 6.07) is 62.5. The molecule has 50 heavy (non-hydrogen) atoms. The summed E-state index contributed by atoms with van der Waals surface area (Å²) in [5, 5.41) is 4.94. The van der Waals surface area contributed by atoms with Crippen molar-refractivity contribution in [1.29, 1.82) is 0 Å². The first-order valence-electron chi connectivity index (χ1n) is 16.8. The molecule has 10 rings (SSSR count). The normalized spacial score (nSPS) is 11.6. The molecule has 0 aliphatic carbocycles. The lowest BCUT2D eigenvalue weighted by atomic mass is 10.0. The molecule has 234 valence electrons. The van der Waals surface area contributed by atoms with Crippen molar-refractivity contribution in [2.75, 3.05) is 0 Å². The highest BCUT2D eigenvalue weighted by molar-refractivity contribution is 7.25. The second-order valence-corrected chi connectivity index (χ2v) is 13.7. The molecule has 0 amide bonds. The second-order valence-electron chi connectivity index (χ2n) is 12.6. The van der Waals surface area contributed by atoms with Gasteiger partial charge in [-0.25, -0.2) is 9.97 Å². The van der Waals surface area contributed by atoms with Crippen LogP contribution in [-0.4, -0.2) is 14.5 Å². The van der Waals surface area contributed by atoms with Crippen molar-refractivity contribution in [2.24, 2.45) is 0 Å². The Labute approximate surface area is 293 Å². The first kappa shape index (κ1) is 28.6. The number of aromatic nitrogens is 3. The minimum absolute atomic E-state index is 0.652. The fourth-order valence-electron chi connectivity index (χ4n) is 7.16. The molecule has 0 saturated heterocycles. The summed E-state index contributed by atoms with van der Waals surface area (Å²) in [5.74, 6) is 0.652. The Balaban J connectivity index is 1.25. The number of nitrogens with zero attached hydrogens (tertiary/aromatic N) is 3. The van der Waals surface area contributed by atoms with E-state index in [9.17, 15) is 0 Å². The minimum atomic E-state index is 0.652. The van der Waals surface area contributed by atoms with E-state index in [-0.39, 0.29) is 0 Å². The Morgan fingerprint density at radius 3 is 1.56 bits per heavy atom. The van der Waals surface area contributed by atoms with Crippen LogP contribution in [0.15, 0.2) is 176 Å². The first-order valence-corrected chi connectivity index (χ1v) is 17.6. The van der Waals surface area contributed by atoms with Crippen LogP contribution in [0, 0.1) is 0 Å². The second kappa shape index (κ2) is 11.7. The molecule has 0 bridgehead atoms. The first-order chi connectivity index (χ1) is 24.8. The molecular weight excluding hydrogens is 627 g/mol. The van der Waals surface area contributed by atoms with Gasteiger partial charge in [0.2, 0.25) is 5.95 Å². The summed E-state index contributed by atoms with van der Waals surface area (Å²) >= 11 is 1.84. The Hall–Kier alpha value is -6.36. The number of hydrogen-bond acceptors (Lipinski definition) is 3. The van der Waals surface area contributed by atoms with Crippen molar-refractivity contribution in [1.82, 2.24) is 14.5 Å². The monoisotopic (exact) mass is 655 g/mol. The molecule has 0 unspecified atom stereocenters. The summed E-state index contributed by atoms with van der Waals surface area (Å²) in [6.07, 6.45) is 0. The van der Waals surface area contributed by atoms with Crippen LogP contribution in [0.5, 0.6) is 0 Å². The van der Waals surface area contributed by atoms with Crippen LogP contribution < -0.4 is 0 Å². The lowest BCUT2D eigenvalue weighted by Crippen LogP contribution is -2.04. The largest absolute Gasteiger partial charge is 0.278 e. The van der Waals surface area contributed by atoms with E-state index in [1.54, 1.807) is 0 Å². The van der Waals surface area contributed by atoms with Crippen molar-refractivity contribution in [3.63, 3.8) is 0 Å². The maximum atomic E-state index is 5.35. The summed E-state index contributed by atoms with van der Waals surface area (Å²) in [4.78, 5) is 10.7. The molecule has 0 radical (unpaired) electrons. The number of thiophene rings is 1. The van der Waals surface area contributed by atoms with E-state index in [0.29, 0.717) is 5.95 Å². The van der Waals surface area contributed by atoms with Gasteiger partial charge in [0, 0.05) is 42.1 Å². The number of benzene rings is 7. The molecule has 0 spiro atoms. The van der Waals surface area contributed by atoms with E-state index < -0.39 is 0 Å². The highest BCUT2D eigenvalue weighted by Gasteiger charge is 2.20. The van der Waals surface area contributed by atoms with Gasteiger partial charge in [-0.3, -0.25) is 4.57 Å². The molecule has 10 aromatic rings. The van der Waals surface area contributed by atoms with Gasteiger partial charge in [0.15, 0.2) is 0 Å². The maximum Gasteiger partial charge on any atom is 0.235 e. The van der Waals surface area contributed by atoms with Crippen LogP contribution >= 0.6 is 11.3 Å². The van der Waals surface area contributed by atoms with Crippen LogP contribution in [-0.2, 0) is 0 Å². The molecule has 7 aromatic carbocycles. The van der Waals surface area contributed by atoms with Gasteiger partial charge in [-0.05, 0) is 52.6 Å². The average molecular weight is 656 g/mol. The summed E-state index contributed by atoms with van der Waals surface area (Å²) in [6.45, 7) is 0. The zero-order valence-corrected chi connectivity index (χ0v) is 27.8. The SMILES string of the molecule is c1ccc(-c2ccc(-c3cc(-c4ccccc4)nc(-n4c5cc(-c6ccccc6)ccc5c5cc6c(cc54)sc4ccccc46)n3)cc2)cc1. The third-order valence-electron chi connectivity index (χ3n) is 9.64. The maximum absolute atomic E-state index is 5.35. The van der Waals surface area contributed by atoms with Crippen LogP contribution in [0.25, 0.3) is 92.7 Å². The van der Waals surface area contributed by atoms with Gasteiger partial charge < -0.3 is 0 Å². The summed E-state index contributed by atoms with van der Waals surface area (Å²) < 4.78 is 4.82. The smallest absolute Gasteiger partial charge is 0.235 e. The predicted octanol–water partition coefficient (Wildman–Crippen LogP) is 12.6. The standard InChI is InChI=1S/C46H29N3S/c1-4-12-30(13-5-1)32-20-22-34(23-21-32)41-28-40(33-16-8-3-9-17-33)47-46(48-41)49-42-26-35(31-14-6-2-7-15-31)24-25-36(42)38-27-39-37-18-10-11-19-44(37)50-45(39)29-43(38)49/h1-29H. The summed E-state index contributed by atoms with van der Waals surface area (Å²) in [5.41, 5.74) is 10.7.